The molecule has 146 valence electrons. The van der Waals surface area contributed by atoms with Gasteiger partial charge in [0.05, 0.1) is 11.4 Å². The second-order valence-electron chi connectivity index (χ2n) is 7.29. The molecule has 28 heavy (non-hydrogen) atoms. The van der Waals surface area contributed by atoms with E-state index in [9.17, 15) is 9.59 Å². The summed E-state index contributed by atoms with van der Waals surface area (Å²) in [7, 11) is 0. The van der Waals surface area contributed by atoms with Crippen molar-refractivity contribution in [2.75, 3.05) is 39.3 Å². The van der Waals surface area contributed by atoms with Gasteiger partial charge in [0.2, 0.25) is 0 Å². The molecule has 4 rings (SSSR count). The molecular weight excluding hydrogens is 354 g/mol. The number of ketones is 1. The third-order valence-corrected chi connectivity index (χ3v) is 5.43. The fraction of sp³-hybridized carbons (Fsp3) is 0.429. The van der Waals surface area contributed by atoms with Crippen LogP contribution in [0.15, 0.2) is 36.7 Å². The molecule has 0 unspecified atom stereocenters. The Morgan fingerprint density at radius 2 is 1.43 bits per heavy atom. The predicted octanol–water partition coefficient (Wildman–Crippen LogP) is 1.37. The van der Waals surface area contributed by atoms with Crippen LogP contribution in [0, 0.1) is 5.92 Å². The summed E-state index contributed by atoms with van der Waals surface area (Å²) in [5.74, 6) is 0.232. The maximum absolute atomic E-state index is 12.8. The lowest BCUT2D eigenvalue weighted by atomic mass is 9.89. The molecular formula is C21H25N5O2. The third kappa shape index (κ3) is 4.10. The number of hydrogen-bond acceptors (Lipinski definition) is 6. The van der Waals surface area contributed by atoms with E-state index >= 15 is 0 Å². The van der Waals surface area contributed by atoms with Crippen LogP contribution >= 0.6 is 0 Å². The highest BCUT2D eigenvalue weighted by molar-refractivity contribution is 5.99. The number of piperidine rings is 1. The molecule has 4 heterocycles. The van der Waals surface area contributed by atoms with Gasteiger partial charge in [-0.25, -0.2) is 0 Å². The smallest absolute Gasteiger partial charge is 0.254 e. The second-order valence-corrected chi connectivity index (χ2v) is 7.29. The molecule has 2 aliphatic heterocycles. The predicted molar refractivity (Wildman–Crippen MR) is 106 cm³/mol. The van der Waals surface area contributed by atoms with Crippen LogP contribution in [-0.2, 0) is 0 Å². The zero-order chi connectivity index (χ0) is 19.3. The monoisotopic (exact) mass is 379 g/mol. The fourth-order valence-corrected chi connectivity index (χ4v) is 3.80. The Morgan fingerprint density at radius 3 is 2.11 bits per heavy atom. The van der Waals surface area contributed by atoms with Crippen molar-refractivity contribution >= 4 is 11.7 Å². The van der Waals surface area contributed by atoms with Gasteiger partial charge in [-0.2, -0.15) is 0 Å². The molecule has 0 atom stereocenters. The second kappa shape index (κ2) is 8.58. The lowest BCUT2D eigenvalue weighted by molar-refractivity contribution is 0.0735. The average Bonchev–Trinajstić information content (AvgIpc) is 2.79. The van der Waals surface area contributed by atoms with E-state index in [1.54, 1.807) is 36.7 Å². The molecule has 0 aliphatic carbocycles. The summed E-state index contributed by atoms with van der Waals surface area (Å²) >= 11 is 0. The maximum atomic E-state index is 12.8. The maximum Gasteiger partial charge on any atom is 0.254 e. The van der Waals surface area contributed by atoms with Crippen LogP contribution in [0.3, 0.4) is 0 Å². The van der Waals surface area contributed by atoms with Gasteiger partial charge in [0.15, 0.2) is 5.78 Å². The van der Waals surface area contributed by atoms with Gasteiger partial charge >= 0.3 is 0 Å². The van der Waals surface area contributed by atoms with E-state index in [0.717, 1.165) is 39.0 Å². The zero-order valence-electron chi connectivity index (χ0n) is 15.9. The van der Waals surface area contributed by atoms with Crippen LogP contribution in [0.2, 0.25) is 0 Å². The van der Waals surface area contributed by atoms with Crippen molar-refractivity contribution < 1.29 is 9.59 Å². The van der Waals surface area contributed by atoms with Crippen molar-refractivity contribution in [3.05, 3.63) is 47.8 Å². The molecule has 0 aromatic carbocycles. The topological polar surface area (TPSA) is 87.2 Å². The molecule has 0 bridgehead atoms. The van der Waals surface area contributed by atoms with E-state index in [-0.39, 0.29) is 17.6 Å². The Kier molecular flexibility index (Phi) is 5.73. The Balaban J connectivity index is 1.55. The highest BCUT2D eigenvalue weighted by Crippen LogP contribution is 2.22. The van der Waals surface area contributed by atoms with E-state index in [0.29, 0.717) is 35.6 Å². The minimum atomic E-state index is 0.00656. The highest BCUT2D eigenvalue weighted by Gasteiger charge is 2.23. The van der Waals surface area contributed by atoms with Crippen LogP contribution in [0.5, 0.6) is 0 Å². The zero-order valence-corrected chi connectivity index (χ0v) is 15.9. The minimum absolute atomic E-state index is 0.00656. The number of Topliss-reactive ketones (excluding diaryl/α,β-unsaturated/α-hetero) is 1. The van der Waals surface area contributed by atoms with Gasteiger partial charge in [-0.1, -0.05) is 0 Å². The number of rotatable bonds is 4. The van der Waals surface area contributed by atoms with E-state index in [4.69, 9.17) is 0 Å². The lowest BCUT2D eigenvalue weighted by Gasteiger charge is -2.27. The van der Waals surface area contributed by atoms with Gasteiger partial charge in [-0.15, -0.1) is 0 Å². The molecule has 0 spiro atoms. The minimum Gasteiger partial charge on any atom is -0.336 e. The van der Waals surface area contributed by atoms with Gasteiger partial charge < -0.3 is 15.5 Å². The summed E-state index contributed by atoms with van der Waals surface area (Å²) < 4.78 is 0. The Morgan fingerprint density at radius 1 is 0.857 bits per heavy atom. The summed E-state index contributed by atoms with van der Waals surface area (Å²) in [6.07, 6.45) is 5.01. The highest BCUT2D eigenvalue weighted by atomic mass is 16.2. The normalized spacial score (nSPS) is 18.1. The van der Waals surface area contributed by atoms with Gasteiger partial charge in [-0.05, 0) is 50.2 Å². The van der Waals surface area contributed by atoms with Crippen LogP contribution < -0.4 is 10.6 Å². The van der Waals surface area contributed by atoms with Crippen molar-refractivity contribution in [2.24, 2.45) is 5.92 Å². The van der Waals surface area contributed by atoms with Crippen LogP contribution in [0.25, 0.3) is 11.4 Å². The molecule has 2 saturated heterocycles. The van der Waals surface area contributed by atoms with E-state index < -0.39 is 0 Å². The summed E-state index contributed by atoms with van der Waals surface area (Å²) in [5.41, 5.74) is 2.50. The molecule has 7 heteroatoms. The van der Waals surface area contributed by atoms with Crippen molar-refractivity contribution in [3.63, 3.8) is 0 Å². The van der Waals surface area contributed by atoms with Gasteiger partial charge in [0.1, 0.15) is 0 Å². The molecule has 2 fully saturated rings. The molecule has 2 N–H and O–H groups in total. The molecule has 2 aromatic heterocycles. The number of piperazine rings is 1. The number of hydrogen-bond donors (Lipinski definition) is 2. The molecule has 2 aliphatic rings. The number of pyridine rings is 2. The number of carbonyl (C=O) groups is 2. The molecule has 2 aromatic rings. The first kappa shape index (κ1) is 18.7. The number of amides is 1. The molecule has 0 radical (unpaired) electrons. The van der Waals surface area contributed by atoms with Crippen molar-refractivity contribution in [1.29, 1.82) is 0 Å². The summed E-state index contributed by atoms with van der Waals surface area (Å²) in [4.78, 5) is 36.2. The molecule has 1 amide bonds. The number of carbonyl (C=O) groups excluding carboxylic acids is 2. The SMILES string of the molecule is O=C(c1ccnc(-c2cc(C(=O)N3CCNCC3)ccn2)c1)C1CCNCC1. The van der Waals surface area contributed by atoms with E-state index in [1.165, 1.54) is 0 Å². The van der Waals surface area contributed by atoms with Crippen molar-refractivity contribution in [3.8, 4) is 11.4 Å². The first-order valence-electron chi connectivity index (χ1n) is 9.90. The molecule has 0 saturated carbocycles. The first-order valence-corrected chi connectivity index (χ1v) is 9.90. The average molecular weight is 379 g/mol. The largest absolute Gasteiger partial charge is 0.336 e. The van der Waals surface area contributed by atoms with Gasteiger partial charge in [0.25, 0.3) is 5.91 Å². The van der Waals surface area contributed by atoms with Crippen molar-refractivity contribution in [1.82, 2.24) is 25.5 Å². The first-order chi connectivity index (χ1) is 13.7. The summed E-state index contributed by atoms with van der Waals surface area (Å²) in [6.45, 7) is 4.79. The lowest BCUT2D eigenvalue weighted by Crippen LogP contribution is -2.46. The summed E-state index contributed by atoms with van der Waals surface area (Å²) in [6, 6.07) is 7.07. The number of nitrogens with zero attached hydrogens (tertiary/aromatic N) is 3. The Hall–Kier alpha value is -2.64. The number of aromatic nitrogens is 2. The fourth-order valence-electron chi connectivity index (χ4n) is 3.80. The van der Waals surface area contributed by atoms with Crippen molar-refractivity contribution in [2.45, 2.75) is 12.8 Å². The summed E-state index contributed by atoms with van der Waals surface area (Å²) in [5, 5.41) is 6.54. The van der Waals surface area contributed by atoms with Gasteiger partial charge in [-0.3, -0.25) is 19.6 Å². The standard InChI is InChI=1S/C21H25N5O2/c27-20(15-1-5-22-6-2-15)16-3-7-24-18(13-16)19-14-17(4-8-25-19)21(28)26-11-9-23-10-12-26/h3-4,7-8,13-15,22-23H,1-2,5-6,9-12H2. The van der Waals surface area contributed by atoms with Crippen LogP contribution in [0.4, 0.5) is 0 Å². The van der Waals surface area contributed by atoms with E-state index in [1.807, 2.05) is 4.90 Å². The van der Waals surface area contributed by atoms with Crippen LogP contribution in [-0.4, -0.2) is 65.8 Å². The molecule has 7 nitrogen and oxygen atoms in total. The number of nitrogens with one attached hydrogen (secondary N) is 2. The third-order valence-electron chi connectivity index (χ3n) is 5.43. The van der Waals surface area contributed by atoms with E-state index in [2.05, 4.69) is 20.6 Å². The van der Waals surface area contributed by atoms with Crippen LogP contribution in [0.1, 0.15) is 33.6 Å². The van der Waals surface area contributed by atoms with Gasteiger partial charge in [0, 0.05) is 55.6 Å². The Labute approximate surface area is 164 Å². The quantitative estimate of drug-likeness (QED) is 0.781. The Bertz CT molecular complexity index is 786.